The van der Waals surface area contributed by atoms with Gasteiger partial charge in [-0.25, -0.2) is 4.98 Å². The molecule has 1 aliphatic heterocycles. The summed E-state index contributed by atoms with van der Waals surface area (Å²) in [7, 11) is 0. The predicted molar refractivity (Wildman–Crippen MR) is 116 cm³/mol. The van der Waals surface area contributed by atoms with Crippen molar-refractivity contribution < 1.29 is 18.8 Å². The number of anilines is 2. The van der Waals surface area contributed by atoms with Gasteiger partial charge in [-0.15, -0.1) is 23.1 Å². The highest BCUT2D eigenvalue weighted by Gasteiger charge is 2.17. The van der Waals surface area contributed by atoms with Crippen LogP contribution in [0.25, 0.3) is 11.5 Å². The van der Waals surface area contributed by atoms with E-state index in [0.717, 1.165) is 4.90 Å². The van der Waals surface area contributed by atoms with Crippen LogP contribution >= 0.6 is 23.1 Å². The second-order valence-corrected chi connectivity index (χ2v) is 8.52. The summed E-state index contributed by atoms with van der Waals surface area (Å²) in [6, 6.07) is 8.78. The average molecular weight is 443 g/mol. The molecule has 3 heterocycles. The van der Waals surface area contributed by atoms with Crippen LogP contribution in [-0.4, -0.2) is 28.5 Å². The molecule has 30 heavy (non-hydrogen) atoms. The molecular weight excluding hydrogens is 424 g/mol. The normalized spacial score (nSPS) is 13.2. The van der Waals surface area contributed by atoms with Gasteiger partial charge < -0.3 is 15.1 Å². The van der Waals surface area contributed by atoms with Crippen molar-refractivity contribution in [2.45, 2.75) is 24.8 Å². The summed E-state index contributed by atoms with van der Waals surface area (Å²) >= 11 is 2.87. The summed E-state index contributed by atoms with van der Waals surface area (Å²) in [5.41, 5.74) is 1.68. The Balaban J connectivity index is 1.44. The standard InChI is InChI=1S/C20H18N4O4S2/c1-11(25)21-9-13-3-4-16(28-13)15-10-30-20(23-15)24-19(27)12-2-5-17-14(8-12)22-18(26)6-7-29-17/h2-5,8,10H,6-7,9H2,1H3,(H,21,25)(H,22,26)(H,23,24,27). The third-order valence-electron chi connectivity index (χ3n) is 4.25. The number of amides is 3. The molecule has 0 atom stereocenters. The summed E-state index contributed by atoms with van der Waals surface area (Å²) in [5.74, 6) is 1.38. The molecular formula is C20H18N4O4S2. The number of nitrogens with one attached hydrogen (secondary N) is 3. The lowest BCUT2D eigenvalue weighted by Crippen LogP contribution is -2.18. The number of carbonyl (C=O) groups excluding carboxylic acids is 3. The Bertz CT molecular complexity index is 1120. The van der Waals surface area contributed by atoms with E-state index in [1.54, 1.807) is 41.4 Å². The van der Waals surface area contributed by atoms with Gasteiger partial charge in [-0.3, -0.25) is 19.7 Å². The number of thioether (sulfide) groups is 1. The fourth-order valence-electron chi connectivity index (χ4n) is 2.80. The molecule has 0 radical (unpaired) electrons. The van der Waals surface area contributed by atoms with Crippen molar-refractivity contribution in [3.63, 3.8) is 0 Å². The van der Waals surface area contributed by atoms with Gasteiger partial charge in [0.2, 0.25) is 11.8 Å². The van der Waals surface area contributed by atoms with Gasteiger partial charge in [-0.1, -0.05) is 0 Å². The van der Waals surface area contributed by atoms with Crippen LogP contribution in [0.5, 0.6) is 0 Å². The van der Waals surface area contributed by atoms with Crippen molar-refractivity contribution in [3.8, 4) is 11.5 Å². The van der Waals surface area contributed by atoms with Gasteiger partial charge in [0.05, 0.1) is 12.2 Å². The van der Waals surface area contributed by atoms with Crippen LogP contribution in [0.15, 0.2) is 45.0 Å². The van der Waals surface area contributed by atoms with Crippen molar-refractivity contribution in [1.29, 1.82) is 0 Å². The predicted octanol–water partition coefficient (Wildman–Crippen LogP) is 3.73. The van der Waals surface area contributed by atoms with E-state index in [1.165, 1.54) is 18.3 Å². The SMILES string of the molecule is CC(=O)NCc1ccc(-c2csc(NC(=O)c3ccc4c(c3)NC(=O)CCS4)n2)o1. The van der Waals surface area contributed by atoms with E-state index < -0.39 is 0 Å². The monoisotopic (exact) mass is 442 g/mol. The number of fused-ring (bicyclic) bond motifs is 1. The quantitative estimate of drug-likeness (QED) is 0.555. The van der Waals surface area contributed by atoms with Crippen molar-refractivity contribution in [1.82, 2.24) is 10.3 Å². The molecule has 0 fully saturated rings. The zero-order valence-corrected chi connectivity index (χ0v) is 17.6. The average Bonchev–Trinajstić information content (AvgIpc) is 3.32. The highest BCUT2D eigenvalue weighted by Crippen LogP contribution is 2.32. The number of carbonyl (C=O) groups is 3. The summed E-state index contributed by atoms with van der Waals surface area (Å²) in [4.78, 5) is 40.8. The van der Waals surface area contributed by atoms with Crippen molar-refractivity contribution in [2.75, 3.05) is 16.4 Å². The van der Waals surface area contributed by atoms with Gasteiger partial charge in [-0.05, 0) is 30.3 Å². The Hall–Kier alpha value is -3.11. The highest BCUT2D eigenvalue weighted by molar-refractivity contribution is 7.99. The van der Waals surface area contributed by atoms with Crippen LogP contribution < -0.4 is 16.0 Å². The van der Waals surface area contributed by atoms with E-state index in [4.69, 9.17) is 4.42 Å². The molecule has 10 heteroatoms. The Morgan fingerprint density at radius 2 is 2.13 bits per heavy atom. The van der Waals surface area contributed by atoms with E-state index >= 15 is 0 Å². The minimum atomic E-state index is -0.312. The molecule has 0 saturated heterocycles. The number of aromatic nitrogens is 1. The van der Waals surface area contributed by atoms with Gasteiger partial charge >= 0.3 is 0 Å². The molecule has 3 aromatic rings. The first kappa shape index (κ1) is 20.2. The molecule has 1 aliphatic rings. The van der Waals surface area contributed by atoms with E-state index in [-0.39, 0.29) is 17.7 Å². The molecule has 1 aromatic carbocycles. The third kappa shape index (κ3) is 4.71. The second kappa shape index (κ2) is 8.72. The number of thiazole rings is 1. The Morgan fingerprint density at radius 3 is 2.97 bits per heavy atom. The first-order valence-corrected chi connectivity index (χ1v) is 11.0. The molecule has 0 saturated carbocycles. The molecule has 3 amide bonds. The molecule has 3 N–H and O–H groups in total. The fourth-order valence-corrected chi connectivity index (χ4v) is 4.43. The van der Waals surface area contributed by atoms with Crippen molar-refractivity contribution in [2.24, 2.45) is 0 Å². The van der Waals surface area contributed by atoms with Crippen LogP contribution in [0.2, 0.25) is 0 Å². The lowest BCUT2D eigenvalue weighted by atomic mass is 10.2. The molecule has 2 aromatic heterocycles. The lowest BCUT2D eigenvalue weighted by Gasteiger charge is -2.08. The number of benzene rings is 1. The van der Waals surface area contributed by atoms with E-state index in [0.29, 0.717) is 52.3 Å². The molecule has 0 spiro atoms. The second-order valence-electron chi connectivity index (χ2n) is 6.53. The minimum absolute atomic E-state index is 0.0558. The van der Waals surface area contributed by atoms with Crippen LogP contribution in [0.1, 0.15) is 29.5 Å². The smallest absolute Gasteiger partial charge is 0.257 e. The first-order valence-electron chi connectivity index (χ1n) is 9.15. The van der Waals surface area contributed by atoms with Crippen LogP contribution in [0.4, 0.5) is 10.8 Å². The zero-order valence-electron chi connectivity index (χ0n) is 16.0. The van der Waals surface area contributed by atoms with Crippen molar-refractivity contribution >= 4 is 51.6 Å². The lowest BCUT2D eigenvalue weighted by molar-refractivity contribution is -0.119. The van der Waals surface area contributed by atoms with Crippen molar-refractivity contribution in [3.05, 3.63) is 47.0 Å². The zero-order chi connectivity index (χ0) is 21.1. The topological polar surface area (TPSA) is 113 Å². The third-order valence-corrected chi connectivity index (χ3v) is 6.09. The number of hydrogen-bond donors (Lipinski definition) is 3. The largest absolute Gasteiger partial charge is 0.458 e. The molecule has 4 rings (SSSR count). The van der Waals surface area contributed by atoms with Gasteiger partial charge in [-0.2, -0.15) is 0 Å². The molecule has 0 aliphatic carbocycles. The van der Waals surface area contributed by atoms with Gasteiger partial charge in [0.1, 0.15) is 11.5 Å². The Morgan fingerprint density at radius 1 is 1.27 bits per heavy atom. The highest BCUT2D eigenvalue weighted by atomic mass is 32.2. The van der Waals surface area contributed by atoms with Gasteiger partial charge in [0.15, 0.2) is 10.9 Å². The number of nitrogens with zero attached hydrogens (tertiary/aromatic N) is 1. The van der Waals surface area contributed by atoms with Crippen LogP contribution in [0.3, 0.4) is 0 Å². The summed E-state index contributed by atoms with van der Waals surface area (Å²) < 4.78 is 5.68. The maximum absolute atomic E-state index is 12.6. The minimum Gasteiger partial charge on any atom is -0.458 e. The Kier molecular flexibility index (Phi) is 5.86. The van der Waals surface area contributed by atoms with E-state index in [1.807, 2.05) is 6.07 Å². The first-order chi connectivity index (χ1) is 14.5. The maximum Gasteiger partial charge on any atom is 0.257 e. The fraction of sp³-hybridized carbons (Fsp3) is 0.200. The van der Waals surface area contributed by atoms with E-state index in [2.05, 4.69) is 20.9 Å². The maximum atomic E-state index is 12.6. The van der Waals surface area contributed by atoms with Crippen LogP contribution in [-0.2, 0) is 16.1 Å². The molecule has 0 unspecified atom stereocenters. The number of rotatable bonds is 5. The molecule has 154 valence electrons. The molecule has 0 bridgehead atoms. The Labute approximate surface area is 180 Å². The van der Waals surface area contributed by atoms with E-state index in [9.17, 15) is 14.4 Å². The van der Waals surface area contributed by atoms with Crippen LogP contribution in [0, 0.1) is 0 Å². The summed E-state index contributed by atoms with van der Waals surface area (Å²) in [6.07, 6.45) is 0.447. The number of hydrogen-bond acceptors (Lipinski definition) is 7. The summed E-state index contributed by atoms with van der Waals surface area (Å²) in [5, 5.41) is 10.5. The van der Waals surface area contributed by atoms with Gasteiger partial charge in [0.25, 0.3) is 5.91 Å². The number of furan rings is 1. The summed E-state index contributed by atoms with van der Waals surface area (Å²) in [6.45, 7) is 1.74. The van der Waals surface area contributed by atoms with Gasteiger partial charge in [0, 0.05) is 34.9 Å². The molecule has 8 nitrogen and oxygen atoms in total.